The maximum Gasteiger partial charge on any atom is 0.226 e. The summed E-state index contributed by atoms with van der Waals surface area (Å²) in [5, 5.41) is 0. The van der Waals surface area contributed by atoms with Crippen LogP contribution in [0.2, 0.25) is 0 Å². The Bertz CT molecular complexity index is 131. The summed E-state index contributed by atoms with van der Waals surface area (Å²) in [7, 11) is 0. The second-order valence-corrected chi connectivity index (χ2v) is 5.33. The van der Waals surface area contributed by atoms with Crippen LogP contribution in [0.25, 0.3) is 0 Å². The monoisotopic (exact) mass is 260 g/mol. The molecule has 0 fully saturated rings. The smallest absolute Gasteiger partial charge is 0.0932 e. The molecule has 0 N–H and O–H groups in total. The van der Waals surface area contributed by atoms with Crippen molar-refractivity contribution < 1.29 is 0 Å². The van der Waals surface area contributed by atoms with E-state index in [4.69, 9.17) is 69.6 Å². The first-order chi connectivity index (χ1) is 4.31. The third-order valence-electron chi connectivity index (χ3n) is 0.650. The zero-order valence-corrected chi connectivity index (χ0v) is 8.96. The molecule has 0 aliphatic carbocycles. The number of hydrogen-bond donors (Lipinski definition) is 0. The molecule has 0 aromatic heterocycles. The van der Waals surface area contributed by atoms with Crippen molar-refractivity contribution in [1.29, 1.82) is 0 Å². The minimum absolute atomic E-state index is 1.09. The molecule has 0 atom stereocenters. The van der Waals surface area contributed by atoms with Crippen molar-refractivity contribution in [2.24, 2.45) is 0 Å². The molecule has 0 saturated carbocycles. The van der Waals surface area contributed by atoms with Gasteiger partial charge < -0.3 is 0 Å². The first-order valence-electron chi connectivity index (χ1n) is 2.04. The summed E-state index contributed by atoms with van der Waals surface area (Å²) in [4.78, 5) is 0. The second-order valence-electron chi connectivity index (χ2n) is 1.41. The first kappa shape index (κ1) is 11.5. The molecule has 10 heavy (non-hydrogen) atoms. The Hall–Kier alpha value is 1.48. The fourth-order valence-electron chi connectivity index (χ4n) is 0.174. The molecule has 0 radical (unpaired) electrons. The maximum atomic E-state index is 5.51. The van der Waals surface area contributed by atoms with Gasteiger partial charge in [0.05, 0.1) is 0 Å². The number of allylic oxidation sites excluding steroid dienone is 1. The van der Waals surface area contributed by atoms with Crippen LogP contribution in [0.5, 0.6) is 0 Å². The van der Waals surface area contributed by atoms with Crippen molar-refractivity contribution in [2.75, 3.05) is 0 Å². The molecule has 60 valence electrons. The van der Waals surface area contributed by atoms with Crippen molar-refractivity contribution in [3.63, 3.8) is 0 Å². The van der Waals surface area contributed by atoms with E-state index >= 15 is 0 Å². The number of halogens is 6. The number of rotatable bonds is 1. The van der Waals surface area contributed by atoms with Gasteiger partial charge in [0.25, 0.3) is 0 Å². The van der Waals surface area contributed by atoms with Crippen LogP contribution in [0.15, 0.2) is 11.6 Å². The lowest BCUT2D eigenvalue weighted by Gasteiger charge is -2.22. The summed E-state index contributed by atoms with van der Waals surface area (Å²) in [6.07, 6.45) is 1.17. The third-order valence-corrected chi connectivity index (χ3v) is 3.07. The van der Waals surface area contributed by atoms with E-state index in [1.165, 1.54) is 6.08 Å². The molecule has 0 aromatic rings. The molecule has 0 saturated heterocycles. The largest absolute Gasteiger partial charge is 0.226 e. The highest BCUT2D eigenvalue weighted by atomic mass is 35.6. The number of alkyl halides is 5. The molecule has 0 spiro atoms. The van der Waals surface area contributed by atoms with E-state index in [-0.39, 0.29) is 0 Å². The van der Waals surface area contributed by atoms with E-state index in [1.807, 2.05) is 0 Å². The lowest BCUT2D eigenvalue weighted by Crippen LogP contribution is -2.28. The van der Waals surface area contributed by atoms with Gasteiger partial charge in [0.1, 0.15) is 0 Å². The third kappa shape index (κ3) is 3.25. The van der Waals surface area contributed by atoms with Gasteiger partial charge in [0.2, 0.25) is 3.79 Å². The summed E-state index contributed by atoms with van der Waals surface area (Å²) in [5.41, 5.74) is 1.09. The van der Waals surface area contributed by atoms with E-state index < -0.39 is 8.13 Å². The molecule has 0 rings (SSSR count). The Labute approximate surface area is 89.0 Å². The standard InChI is InChI=1S/C4H2Cl6/c5-2-1-3(6,7)4(8,9)10/h1-2H. The molecular formula is C4H2Cl6. The van der Waals surface area contributed by atoms with Crippen LogP contribution in [0, 0.1) is 0 Å². The zero-order chi connectivity index (χ0) is 8.41. The van der Waals surface area contributed by atoms with Gasteiger partial charge in [0.15, 0.2) is 4.33 Å². The van der Waals surface area contributed by atoms with E-state index in [0.717, 1.165) is 5.54 Å². The summed E-state index contributed by atoms with van der Waals surface area (Å²) in [6, 6.07) is 0. The molecule has 0 heterocycles. The predicted octanol–water partition coefficient (Wildman–Crippen LogP) is 4.28. The quantitative estimate of drug-likeness (QED) is 0.619. The Balaban J connectivity index is 4.40. The molecule has 0 aromatic carbocycles. The number of hydrogen-bond acceptors (Lipinski definition) is 0. The average molecular weight is 263 g/mol. The molecule has 0 unspecified atom stereocenters. The van der Waals surface area contributed by atoms with E-state index in [2.05, 4.69) is 0 Å². The summed E-state index contributed by atoms with van der Waals surface area (Å²) in [5.74, 6) is 0. The van der Waals surface area contributed by atoms with Crippen molar-refractivity contribution in [2.45, 2.75) is 8.13 Å². The van der Waals surface area contributed by atoms with Gasteiger partial charge in [-0.15, -0.1) is 0 Å². The highest BCUT2D eigenvalue weighted by Crippen LogP contribution is 2.46. The Morgan fingerprint density at radius 2 is 1.30 bits per heavy atom. The van der Waals surface area contributed by atoms with Gasteiger partial charge in [0, 0.05) is 5.54 Å². The van der Waals surface area contributed by atoms with E-state index in [1.54, 1.807) is 0 Å². The summed E-state index contributed by atoms with van der Waals surface area (Å²) < 4.78 is -3.36. The van der Waals surface area contributed by atoms with Gasteiger partial charge >= 0.3 is 0 Å². The van der Waals surface area contributed by atoms with Crippen molar-refractivity contribution in [3.05, 3.63) is 11.6 Å². The van der Waals surface area contributed by atoms with Gasteiger partial charge in [-0.25, -0.2) is 0 Å². The Kier molecular flexibility index (Phi) is 4.51. The predicted molar refractivity (Wildman–Crippen MR) is 49.7 cm³/mol. The molecular weight excluding hydrogens is 261 g/mol. The van der Waals surface area contributed by atoms with Gasteiger partial charge in [-0.1, -0.05) is 69.6 Å². The minimum Gasteiger partial charge on any atom is -0.0932 e. The van der Waals surface area contributed by atoms with Gasteiger partial charge in [-0.05, 0) is 6.08 Å². The van der Waals surface area contributed by atoms with Gasteiger partial charge in [-0.3, -0.25) is 0 Å². The van der Waals surface area contributed by atoms with Gasteiger partial charge in [-0.2, -0.15) is 0 Å². The van der Waals surface area contributed by atoms with Crippen LogP contribution >= 0.6 is 69.6 Å². The normalized spacial score (nSPS) is 14.6. The fourth-order valence-corrected chi connectivity index (χ4v) is 0.807. The molecule has 0 aliphatic rings. The van der Waals surface area contributed by atoms with Crippen LogP contribution < -0.4 is 0 Å². The molecule has 0 amide bonds. The summed E-state index contributed by atoms with van der Waals surface area (Å²) >= 11 is 32.3. The molecule has 0 nitrogen and oxygen atoms in total. The molecule has 0 aliphatic heterocycles. The van der Waals surface area contributed by atoms with Crippen LogP contribution in [-0.2, 0) is 0 Å². The summed E-state index contributed by atoms with van der Waals surface area (Å²) in [6.45, 7) is 0. The Morgan fingerprint density at radius 1 is 0.900 bits per heavy atom. The SMILES string of the molecule is ClC=CC(Cl)(Cl)C(Cl)(Cl)Cl. The van der Waals surface area contributed by atoms with Crippen LogP contribution in [0.3, 0.4) is 0 Å². The minimum atomic E-state index is -1.78. The van der Waals surface area contributed by atoms with E-state index in [9.17, 15) is 0 Å². The zero-order valence-electron chi connectivity index (χ0n) is 4.42. The fraction of sp³-hybridized carbons (Fsp3) is 0.500. The second kappa shape index (κ2) is 3.93. The van der Waals surface area contributed by atoms with Crippen LogP contribution in [0.4, 0.5) is 0 Å². The Morgan fingerprint density at radius 3 is 1.40 bits per heavy atom. The average Bonchev–Trinajstić information content (AvgIpc) is 1.61. The lowest BCUT2D eigenvalue weighted by molar-refractivity contribution is 0.994. The highest BCUT2D eigenvalue weighted by Gasteiger charge is 2.43. The van der Waals surface area contributed by atoms with Crippen molar-refractivity contribution in [3.8, 4) is 0 Å². The highest BCUT2D eigenvalue weighted by molar-refractivity contribution is 6.76. The molecule has 0 bridgehead atoms. The first-order valence-corrected chi connectivity index (χ1v) is 4.36. The van der Waals surface area contributed by atoms with Crippen LogP contribution in [0.1, 0.15) is 0 Å². The maximum absolute atomic E-state index is 5.51. The molecule has 6 heteroatoms. The topological polar surface area (TPSA) is 0 Å². The van der Waals surface area contributed by atoms with Crippen molar-refractivity contribution >= 4 is 69.6 Å². The lowest BCUT2D eigenvalue weighted by atomic mass is 10.4. The van der Waals surface area contributed by atoms with Crippen molar-refractivity contribution in [1.82, 2.24) is 0 Å². The van der Waals surface area contributed by atoms with Crippen LogP contribution in [-0.4, -0.2) is 8.13 Å². The van der Waals surface area contributed by atoms with E-state index in [0.29, 0.717) is 0 Å².